The second-order valence-electron chi connectivity index (χ2n) is 3.97. The lowest BCUT2D eigenvalue weighted by Gasteiger charge is -2.31. The first-order chi connectivity index (χ1) is 7.67. The van der Waals surface area contributed by atoms with Crippen molar-refractivity contribution in [3.8, 4) is 0 Å². The van der Waals surface area contributed by atoms with Gasteiger partial charge >= 0.3 is 5.97 Å². The lowest BCUT2D eigenvalue weighted by Crippen LogP contribution is -2.41. The summed E-state index contributed by atoms with van der Waals surface area (Å²) in [6.45, 7) is 6.73. The van der Waals surface area contributed by atoms with Gasteiger partial charge in [-0.25, -0.2) is 4.79 Å². The molecule has 90 valence electrons. The van der Waals surface area contributed by atoms with E-state index < -0.39 is 0 Å². The Labute approximate surface area is 96.3 Å². The normalized spacial score (nSPS) is 16.9. The molecule has 0 unspecified atom stereocenters. The van der Waals surface area contributed by atoms with Gasteiger partial charge in [0.15, 0.2) is 0 Å². The zero-order chi connectivity index (χ0) is 12.0. The Morgan fingerprint density at radius 3 is 2.56 bits per heavy atom. The monoisotopic (exact) mass is 225 g/mol. The van der Waals surface area contributed by atoms with Gasteiger partial charge < -0.3 is 9.64 Å². The average molecular weight is 225 g/mol. The average Bonchev–Trinajstić information content (AvgIpc) is 2.30. The Bertz CT molecular complexity index is 267. The summed E-state index contributed by atoms with van der Waals surface area (Å²) in [6, 6.07) is 0. The number of nitrogens with zero attached hydrogens (tertiary/aromatic N) is 1. The zero-order valence-electron chi connectivity index (χ0n) is 9.78. The molecule has 0 aromatic rings. The van der Waals surface area contributed by atoms with Gasteiger partial charge in [-0.3, -0.25) is 4.79 Å². The van der Waals surface area contributed by atoms with Crippen molar-refractivity contribution in [2.45, 2.75) is 38.7 Å². The molecule has 1 aliphatic heterocycles. The maximum atomic E-state index is 11.6. The lowest BCUT2D eigenvalue weighted by molar-refractivity contribution is -0.146. The third-order valence-corrected chi connectivity index (χ3v) is 2.71. The second kappa shape index (κ2) is 6.30. The van der Waals surface area contributed by atoms with E-state index in [9.17, 15) is 9.59 Å². The molecular weight excluding hydrogens is 206 g/mol. The van der Waals surface area contributed by atoms with Gasteiger partial charge in [-0.05, 0) is 6.42 Å². The molecule has 16 heavy (non-hydrogen) atoms. The molecule has 0 bridgehead atoms. The van der Waals surface area contributed by atoms with Gasteiger partial charge in [0.1, 0.15) is 6.10 Å². The number of carbonyl (C=O) groups excluding carboxylic acids is 2. The quantitative estimate of drug-likeness (QED) is 0.538. The largest absolute Gasteiger partial charge is 0.459 e. The minimum atomic E-state index is -0.377. The van der Waals surface area contributed by atoms with E-state index in [0.717, 1.165) is 19.3 Å². The molecule has 0 aliphatic carbocycles. The third kappa shape index (κ3) is 3.68. The van der Waals surface area contributed by atoms with Crippen molar-refractivity contribution >= 4 is 11.9 Å². The molecule has 4 nitrogen and oxygen atoms in total. The first-order valence-corrected chi connectivity index (χ1v) is 5.78. The Hall–Kier alpha value is -1.32. The Morgan fingerprint density at radius 1 is 1.44 bits per heavy atom. The number of ether oxygens (including phenoxy) is 1. The molecular formula is C12H19NO3. The summed E-state index contributed by atoms with van der Waals surface area (Å²) in [5.41, 5.74) is 0. The number of piperidine rings is 1. The van der Waals surface area contributed by atoms with Gasteiger partial charge in [-0.1, -0.05) is 13.5 Å². The summed E-state index contributed by atoms with van der Waals surface area (Å²) in [7, 11) is 0. The van der Waals surface area contributed by atoms with Crippen LogP contribution in [-0.2, 0) is 14.3 Å². The van der Waals surface area contributed by atoms with Crippen LogP contribution >= 0.6 is 0 Å². The number of hydrogen-bond donors (Lipinski definition) is 0. The Balaban J connectivity index is 2.30. The van der Waals surface area contributed by atoms with E-state index in [1.807, 2.05) is 11.8 Å². The lowest BCUT2D eigenvalue weighted by atomic mass is 10.1. The SMILES string of the molecule is C=CC(=O)OC1CCN(C(=O)CCC)CC1. The van der Waals surface area contributed by atoms with Gasteiger partial charge in [-0.15, -0.1) is 0 Å². The predicted octanol–water partition coefficient (Wildman–Crippen LogP) is 1.51. The number of hydrogen-bond acceptors (Lipinski definition) is 3. The fourth-order valence-electron chi connectivity index (χ4n) is 1.81. The molecule has 0 N–H and O–H groups in total. The zero-order valence-corrected chi connectivity index (χ0v) is 9.78. The van der Waals surface area contributed by atoms with Gasteiger partial charge in [0, 0.05) is 38.4 Å². The molecule has 1 rings (SSSR count). The van der Waals surface area contributed by atoms with Crippen LogP contribution < -0.4 is 0 Å². The minimum absolute atomic E-state index is 0.0591. The van der Waals surface area contributed by atoms with Crippen molar-refractivity contribution < 1.29 is 14.3 Å². The first kappa shape index (κ1) is 12.7. The molecule has 1 heterocycles. The van der Waals surface area contributed by atoms with Crippen molar-refractivity contribution in [2.75, 3.05) is 13.1 Å². The summed E-state index contributed by atoms with van der Waals surface area (Å²) >= 11 is 0. The molecule has 0 aromatic carbocycles. The van der Waals surface area contributed by atoms with Crippen molar-refractivity contribution in [1.82, 2.24) is 4.90 Å². The van der Waals surface area contributed by atoms with E-state index in [1.54, 1.807) is 0 Å². The minimum Gasteiger partial charge on any atom is -0.459 e. The topological polar surface area (TPSA) is 46.6 Å². The summed E-state index contributed by atoms with van der Waals surface area (Å²) in [5, 5.41) is 0. The predicted molar refractivity (Wildman–Crippen MR) is 60.8 cm³/mol. The molecule has 1 aliphatic rings. The molecule has 1 amide bonds. The molecule has 0 atom stereocenters. The van der Waals surface area contributed by atoms with Crippen LogP contribution in [0.25, 0.3) is 0 Å². The number of likely N-dealkylation sites (tertiary alicyclic amines) is 1. The molecule has 0 aromatic heterocycles. The van der Waals surface area contributed by atoms with Crippen molar-refractivity contribution in [1.29, 1.82) is 0 Å². The molecule has 4 heteroatoms. The van der Waals surface area contributed by atoms with Gasteiger partial charge in [0.2, 0.25) is 5.91 Å². The highest BCUT2D eigenvalue weighted by Gasteiger charge is 2.23. The van der Waals surface area contributed by atoms with Crippen LogP contribution in [0.15, 0.2) is 12.7 Å². The Morgan fingerprint density at radius 2 is 2.06 bits per heavy atom. The van der Waals surface area contributed by atoms with E-state index in [-0.39, 0.29) is 18.0 Å². The highest BCUT2D eigenvalue weighted by Crippen LogP contribution is 2.15. The Kier molecular flexibility index (Phi) is 5.02. The van der Waals surface area contributed by atoms with Crippen LogP contribution in [-0.4, -0.2) is 36.0 Å². The van der Waals surface area contributed by atoms with Crippen LogP contribution in [0.1, 0.15) is 32.6 Å². The first-order valence-electron chi connectivity index (χ1n) is 5.78. The smallest absolute Gasteiger partial charge is 0.330 e. The van der Waals surface area contributed by atoms with Crippen molar-refractivity contribution in [3.05, 3.63) is 12.7 Å². The molecule has 1 saturated heterocycles. The molecule has 0 radical (unpaired) electrons. The summed E-state index contributed by atoms with van der Waals surface area (Å²) in [6.07, 6.45) is 4.07. The number of esters is 1. The fraction of sp³-hybridized carbons (Fsp3) is 0.667. The van der Waals surface area contributed by atoms with Crippen molar-refractivity contribution in [3.63, 3.8) is 0 Å². The van der Waals surface area contributed by atoms with Gasteiger partial charge in [0.25, 0.3) is 0 Å². The van der Waals surface area contributed by atoms with E-state index in [2.05, 4.69) is 6.58 Å². The van der Waals surface area contributed by atoms with Crippen LogP contribution in [0.2, 0.25) is 0 Å². The second-order valence-corrected chi connectivity index (χ2v) is 3.97. The molecule has 0 spiro atoms. The molecule has 0 saturated carbocycles. The number of rotatable bonds is 4. The number of carbonyl (C=O) groups is 2. The van der Waals surface area contributed by atoms with Gasteiger partial charge in [-0.2, -0.15) is 0 Å². The maximum absolute atomic E-state index is 11.6. The number of amides is 1. The van der Waals surface area contributed by atoms with Crippen LogP contribution in [0.4, 0.5) is 0 Å². The van der Waals surface area contributed by atoms with Crippen LogP contribution in [0.5, 0.6) is 0 Å². The highest BCUT2D eigenvalue weighted by molar-refractivity contribution is 5.81. The summed E-state index contributed by atoms with van der Waals surface area (Å²) < 4.78 is 5.13. The van der Waals surface area contributed by atoms with E-state index in [1.165, 1.54) is 6.08 Å². The van der Waals surface area contributed by atoms with Crippen molar-refractivity contribution in [2.24, 2.45) is 0 Å². The standard InChI is InChI=1S/C12H19NO3/c1-3-5-11(14)13-8-6-10(7-9-13)16-12(15)4-2/h4,10H,2-3,5-9H2,1H3. The van der Waals surface area contributed by atoms with E-state index in [4.69, 9.17) is 4.74 Å². The van der Waals surface area contributed by atoms with E-state index in [0.29, 0.717) is 19.5 Å². The molecule has 1 fully saturated rings. The third-order valence-electron chi connectivity index (χ3n) is 2.71. The summed E-state index contributed by atoms with van der Waals surface area (Å²) in [4.78, 5) is 24.4. The van der Waals surface area contributed by atoms with Crippen LogP contribution in [0, 0.1) is 0 Å². The van der Waals surface area contributed by atoms with Gasteiger partial charge in [0.05, 0.1) is 0 Å². The highest BCUT2D eigenvalue weighted by atomic mass is 16.5. The fourth-order valence-corrected chi connectivity index (χ4v) is 1.81. The summed E-state index contributed by atoms with van der Waals surface area (Å²) in [5.74, 6) is -0.172. The maximum Gasteiger partial charge on any atom is 0.330 e. The van der Waals surface area contributed by atoms with E-state index >= 15 is 0 Å². The van der Waals surface area contributed by atoms with Crippen LogP contribution in [0.3, 0.4) is 0 Å².